The van der Waals surface area contributed by atoms with Crippen molar-refractivity contribution in [2.24, 2.45) is 7.05 Å². The molecule has 3 heterocycles. The molecule has 6 bridgehead atoms. The molecule has 1 aliphatic rings. The van der Waals surface area contributed by atoms with Gasteiger partial charge in [-0.1, -0.05) is 48.0 Å². The fourth-order valence-electron chi connectivity index (χ4n) is 5.34. The lowest BCUT2D eigenvalue weighted by Gasteiger charge is -2.37. The Kier molecular flexibility index (Phi) is 6.14. The van der Waals surface area contributed by atoms with Crippen molar-refractivity contribution in [2.75, 3.05) is 19.8 Å². The summed E-state index contributed by atoms with van der Waals surface area (Å²) in [5.41, 5.74) is 4.86. The van der Waals surface area contributed by atoms with Gasteiger partial charge in [-0.15, -0.1) is 0 Å². The minimum atomic E-state index is -0.923. The zero-order valence-corrected chi connectivity index (χ0v) is 21.2. The highest BCUT2D eigenvalue weighted by Crippen LogP contribution is 2.41. The summed E-state index contributed by atoms with van der Waals surface area (Å²) in [5.74, 6) is 0.587. The molecule has 186 valence electrons. The summed E-state index contributed by atoms with van der Waals surface area (Å²) in [4.78, 5) is 9.21. The number of fused-ring (bicyclic) bond motifs is 6. The lowest BCUT2D eigenvalue weighted by molar-refractivity contribution is 0.320. The summed E-state index contributed by atoms with van der Waals surface area (Å²) in [7, 11) is 1.94. The van der Waals surface area contributed by atoms with Crippen LogP contribution in [-0.4, -0.2) is 34.4 Å². The SMILES string of the molecule is Cn1cncc1C1(NCCF)c2ccc(Cl)c(c2)OCCc2cccc(c2)-c2nccc3ccc1cc23. The number of pyridine rings is 1. The third-order valence-electron chi connectivity index (χ3n) is 7.10. The van der Waals surface area contributed by atoms with Gasteiger partial charge in [0, 0.05) is 37.2 Å². The number of hydrogen-bond acceptors (Lipinski definition) is 4. The first-order chi connectivity index (χ1) is 18.1. The molecule has 1 aliphatic heterocycles. The molecule has 0 fully saturated rings. The molecule has 0 radical (unpaired) electrons. The van der Waals surface area contributed by atoms with Crippen LogP contribution in [0.1, 0.15) is 22.4 Å². The molecule has 5 nitrogen and oxygen atoms in total. The molecule has 0 saturated heterocycles. The molecule has 2 aromatic heterocycles. The average Bonchev–Trinajstić information content (AvgIpc) is 3.36. The molecule has 7 heteroatoms. The number of nitrogens with zero attached hydrogens (tertiary/aromatic N) is 3. The molecule has 1 unspecified atom stereocenters. The standard InChI is InChI=1S/C30H26ClFN4O/c1-36-19-33-18-28(36)30(35-13-11-32)23-6-5-21-9-12-34-29(25(21)16-23)22-4-2-3-20(15-22)10-14-37-27-17-24(30)7-8-26(27)31/h2-9,12,15-19,35H,10-11,13-14H2,1H3. The Morgan fingerprint density at radius 2 is 1.95 bits per heavy atom. The monoisotopic (exact) mass is 512 g/mol. The van der Waals surface area contributed by atoms with Crippen LogP contribution in [0.3, 0.4) is 0 Å². The van der Waals surface area contributed by atoms with E-state index in [9.17, 15) is 4.39 Å². The predicted octanol–water partition coefficient (Wildman–Crippen LogP) is 6.07. The van der Waals surface area contributed by atoms with Crippen molar-refractivity contribution in [3.63, 3.8) is 0 Å². The van der Waals surface area contributed by atoms with Gasteiger partial charge in [0.15, 0.2) is 0 Å². The largest absolute Gasteiger partial charge is 0.492 e. The van der Waals surface area contributed by atoms with Crippen molar-refractivity contribution in [1.29, 1.82) is 0 Å². The third-order valence-corrected chi connectivity index (χ3v) is 7.41. The highest BCUT2D eigenvalue weighted by molar-refractivity contribution is 6.32. The van der Waals surface area contributed by atoms with Crippen LogP contribution in [0.15, 0.2) is 85.5 Å². The van der Waals surface area contributed by atoms with E-state index in [-0.39, 0.29) is 6.54 Å². The van der Waals surface area contributed by atoms with Crippen LogP contribution in [0.2, 0.25) is 5.02 Å². The number of benzene rings is 3. The molecule has 0 aliphatic carbocycles. The quantitative estimate of drug-likeness (QED) is 0.317. The fourth-order valence-corrected chi connectivity index (χ4v) is 5.51. The zero-order chi connectivity index (χ0) is 25.4. The Morgan fingerprint density at radius 3 is 2.78 bits per heavy atom. The maximum atomic E-state index is 13.8. The molecule has 5 aromatic rings. The van der Waals surface area contributed by atoms with Crippen LogP contribution in [0.5, 0.6) is 5.75 Å². The topological polar surface area (TPSA) is 52.0 Å². The van der Waals surface area contributed by atoms with Gasteiger partial charge < -0.3 is 9.30 Å². The summed E-state index contributed by atoms with van der Waals surface area (Å²) >= 11 is 6.59. The van der Waals surface area contributed by atoms with Crippen molar-refractivity contribution >= 4 is 22.4 Å². The van der Waals surface area contributed by atoms with E-state index in [0.717, 1.165) is 50.8 Å². The summed E-state index contributed by atoms with van der Waals surface area (Å²) in [6.45, 7) is 0.0832. The molecule has 1 atom stereocenters. The number of aromatic nitrogens is 3. The van der Waals surface area contributed by atoms with Gasteiger partial charge in [0.1, 0.15) is 18.0 Å². The van der Waals surface area contributed by atoms with Gasteiger partial charge >= 0.3 is 0 Å². The van der Waals surface area contributed by atoms with Crippen molar-refractivity contribution in [3.8, 4) is 17.0 Å². The second kappa shape index (κ2) is 9.61. The summed E-state index contributed by atoms with van der Waals surface area (Å²) in [6, 6.07) is 22.5. The molecule has 1 N–H and O–H groups in total. The fraction of sp³-hybridized carbons (Fsp3) is 0.200. The summed E-state index contributed by atoms with van der Waals surface area (Å²) < 4.78 is 21.9. The molecular formula is C30H26ClFN4O. The van der Waals surface area contributed by atoms with Crippen LogP contribution in [0.25, 0.3) is 22.0 Å². The third kappa shape index (κ3) is 4.06. The Labute approximate surface area is 219 Å². The lowest BCUT2D eigenvalue weighted by atomic mass is 9.79. The van der Waals surface area contributed by atoms with Crippen LogP contribution in [0, 0.1) is 0 Å². The zero-order valence-electron chi connectivity index (χ0n) is 20.4. The first-order valence-corrected chi connectivity index (χ1v) is 12.7. The highest BCUT2D eigenvalue weighted by atomic mass is 35.5. The summed E-state index contributed by atoms with van der Waals surface area (Å²) in [5, 5.41) is 6.16. The number of nitrogens with one attached hydrogen (secondary N) is 1. The average molecular weight is 513 g/mol. The first kappa shape index (κ1) is 23.6. The number of ether oxygens (including phenoxy) is 1. The number of aryl methyl sites for hydroxylation is 1. The smallest absolute Gasteiger partial charge is 0.138 e. The molecule has 0 amide bonds. The van der Waals surface area contributed by atoms with E-state index >= 15 is 0 Å². The molecule has 6 rings (SSSR count). The summed E-state index contributed by atoms with van der Waals surface area (Å²) in [6.07, 6.45) is 6.14. The van der Waals surface area contributed by atoms with Gasteiger partial charge in [-0.05, 0) is 52.4 Å². The Bertz CT molecular complexity index is 1600. The number of hydrogen-bond donors (Lipinski definition) is 1. The number of halogens is 2. The van der Waals surface area contributed by atoms with Gasteiger partial charge in [0.05, 0.1) is 35.5 Å². The highest BCUT2D eigenvalue weighted by Gasteiger charge is 2.39. The predicted molar refractivity (Wildman–Crippen MR) is 145 cm³/mol. The second-order valence-corrected chi connectivity index (χ2v) is 9.70. The number of rotatable bonds is 4. The first-order valence-electron chi connectivity index (χ1n) is 12.3. The lowest BCUT2D eigenvalue weighted by Crippen LogP contribution is -2.46. The van der Waals surface area contributed by atoms with Crippen molar-refractivity contribution in [1.82, 2.24) is 19.9 Å². The van der Waals surface area contributed by atoms with E-state index in [1.807, 2.05) is 48.3 Å². The molecule has 3 aromatic carbocycles. The number of alkyl halides is 1. The second-order valence-electron chi connectivity index (χ2n) is 9.30. The van der Waals surface area contributed by atoms with E-state index in [1.54, 1.807) is 6.33 Å². The molecular weight excluding hydrogens is 487 g/mol. The maximum Gasteiger partial charge on any atom is 0.138 e. The molecule has 37 heavy (non-hydrogen) atoms. The van der Waals surface area contributed by atoms with Crippen molar-refractivity contribution < 1.29 is 9.13 Å². The van der Waals surface area contributed by atoms with Gasteiger partial charge in [-0.25, -0.2) is 9.37 Å². The number of imidazole rings is 1. The Morgan fingerprint density at radius 1 is 1.08 bits per heavy atom. The van der Waals surface area contributed by atoms with Crippen molar-refractivity contribution in [2.45, 2.75) is 12.0 Å². The maximum absolute atomic E-state index is 13.8. The van der Waals surface area contributed by atoms with E-state index in [0.29, 0.717) is 17.4 Å². The minimum absolute atomic E-state index is 0.143. The van der Waals surface area contributed by atoms with Gasteiger partial charge in [-0.2, -0.15) is 0 Å². The molecule has 0 saturated carbocycles. The van der Waals surface area contributed by atoms with E-state index < -0.39 is 12.2 Å². The van der Waals surface area contributed by atoms with Gasteiger partial charge in [-0.3, -0.25) is 10.3 Å². The van der Waals surface area contributed by atoms with Gasteiger partial charge in [0.25, 0.3) is 0 Å². The van der Waals surface area contributed by atoms with E-state index in [1.165, 1.54) is 0 Å². The minimum Gasteiger partial charge on any atom is -0.492 e. The van der Waals surface area contributed by atoms with E-state index in [2.05, 4.69) is 52.8 Å². The van der Waals surface area contributed by atoms with Crippen LogP contribution < -0.4 is 10.1 Å². The van der Waals surface area contributed by atoms with Crippen LogP contribution in [-0.2, 0) is 19.0 Å². The normalized spacial score (nSPS) is 16.9. The van der Waals surface area contributed by atoms with Crippen LogP contribution >= 0.6 is 11.6 Å². The Balaban J connectivity index is 1.73. The van der Waals surface area contributed by atoms with Gasteiger partial charge in [0.2, 0.25) is 0 Å². The van der Waals surface area contributed by atoms with E-state index in [4.69, 9.17) is 21.3 Å². The van der Waals surface area contributed by atoms with Crippen LogP contribution in [0.4, 0.5) is 4.39 Å². The Hall–Kier alpha value is -3.74. The van der Waals surface area contributed by atoms with Crippen molar-refractivity contribution in [3.05, 3.63) is 113 Å². The molecule has 0 spiro atoms.